The molecular weight excluding hydrogens is 402 g/mol. The average molecular weight is 436 g/mol. The number of carbonyl (C=O) groups excluding carboxylic acids is 2. The molecule has 1 N–H and O–H groups in total. The maximum atomic E-state index is 12.8. The summed E-state index contributed by atoms with van der Waals surface area (Å²) in [6.45, 7) is 6.30. The third-order valence-corrected chi connectivity index (χ3v) is 6.45. The third-order valence-electron chi connectivity index (χ3n) is 6.45. The Hall–Kier alpha value is -2.70. The van der Waals surface area contributed by atoms with Crippen LogP contribution in [0.1, 0.15) is 31.7 Å². The van der Waals surface area contributed by atoms with Crippen molar-refractivity contribution in [3.63, 3.8) is 0 Å². The fraction of sp³-hybridized carbons (Fsp3) is 0.462. The van der Waals surface area contributed by atoms with Gasteiger partial charge in [0.05, 0.1) is 24.8 Å². The first-order valence-electron chi connectivity index (χ1n) is 11.7. The summed E-state index contributed by atoms with van der Waals surface area (Å²) in [7, 11) is 0. The number of carbonyl (C=O) groups is 2. The summed E-state index contributed by atoms with van der Waals surface area (Å²) in [5.74, 6) is 1.16. The number of benzene rings is 2. The van der Waals surface area contributed by atoms with E-state index >= 15 is 0 Å². The molecule has 2 aliphatic heterocycles. The molecule has 32 heavy (non-hydrogen) atoms. The maximum absolute atomic E-state index is 12.8. The van der Waals surface area contributed by atoms with Gasteiger partial charge in [-0.05, 0) is 75.0 Å². The number of amides is 2. The molecule has 0 spiro atoms. The minimum Gasteiger partial charge on any atom is -0.494 e. The van der Waals surface area contributed by atoms with Gasteiger partial charge in [0.15, 0.2) is 0 Å². The van der Waals surface area contributed by atoms with Crippen LogP contribution in [0.15, 0.2) is 54.6 Å². The van der Waals surface area contributed by atoms with Gasteiger partial charge in [0, 0.05) is 13.1 Å². The summed E-state index contributed by atoms with van der Waals surface area (Å²) in [6, 6.07) is 17.4. The van der Waals surface area contributed by atoms with Crippen LogP contribution in [0.5, 0.6) is 5.75 Å². The van der Waals surface area contributed by atoms with Gasteiger partial charge in [-0.1, -0.05) is 30.3 Å². The molecule has 6 heteroatoms. The molecule has 0 bridgehead atoms. The first-order valence-corrected chi connectivity index (χ1v) is 11.7. The Labute approximate surface area is 190 Å². The van der Waals surface area contributed by atoms with Gasteiger partial charge in [-0.3, -0.25) is 9.59 Å². The number of piperidine rings is 1. The van der Waals surface area contributed by atoms with Crippen LogP contribution >= 0.6 is 0 Å². The number of hydrogen-bond acceptors (Lipinski definition) is 5. The lowest BCUT2D eigenvalue weighted by Crippen LogP contribution is -2.44. The van der Waals surface area contributed by atoms with Gasteiger partial charge in [-0.15, -0.1) is 0 Å². The zero-order valence-electron chi connectivity index (χ0n) is 18.8. The van der Waals surface area contributed by atoms with Crippen molar-refractivity contribution in [3.8, 4) is 5.75 Å². The van der Waals surface area contributed by atoms with E-state index < -0.39 is 6.04 Å². The Balaban J connectivity index is 1.20. The minimum absolute atomic E-state index is 0.154. The molecule has 0 aliphatic carbocycles. The van der Waals surface area contributed by atoms with Gasteiger partial charge in [0.1, 0.15) is 5.75 Å². The summed E-state index contributed by atoms with van der Waals surface area (Å²) in [5, 5.41) is 3.31. The van der Waals surface area contributed by atoms with E-state index in [2.05, 4.69) is 40.5 Å². The summed E-state index contributed by atoms with van der Waals surface area (Å²) >= 11 is 0. The van der Waals surface area contributed by atoms with Crippen LogP contribution in [-0.4, -0.2) is 55.5 Å². The molecule has 2 fully saturated rings. The second-order valence-electron chi connectivity index (χ2n) is 8.68. The molecule has 1 unspecified atom stereocenters. The molecule has 170 valence electrons. The SMILES string of the molecule is CCOc1ccc(N2C(=O)CC(NCCN3CCC(Cc4ccccc4)CC3)C2=O)cc1. The van der Waals surface area contributed by atoms with Gasteiger partial charge in [0.2, 0.25) is 5.91 Å². The van der Waals surface area contributed by atoms with Gasteiger partial charge >= 0.3 is 0 Å². The highest BCUT2D eigenvalue weighted by atomic mass is 16.5. The van der Waals surface area contributed by atoms with Gasteiger partial charge in [0.25, 0.3) is 5.91 Å². The standard InChI is InChI=1S/C26H33N3O3/c1-2-32-23-10-8-22(9-11-23)29-25(30)19-24(26(29)31)27-14-17-28-15-12-21(13-16-28)18-20-6-4-3-5-7-20/h3-11,21,24,27H,2,12-19H2,1H3. The molecule has 1 atom stereocenters. The topological polar surface area (TPSA) is 61.9 Å². The van der Waals surface area contributed by atoms with Crippen LogP contribution in [0.25, 0.3) is 0 Å². The third kappa shape index (κ3) is 5.56. The van der Waals surface area contributed by atoms with E-state index in [0.29, 0.717) is 18.8 Å². The Morgan fingerprint density at radius 2 is 1.72 bits per heavy atom. The van der Waals surface area contributed by atoms with Crippen molar-refractivity contribution in [2.45, 2.75) is 38.6 Å². The van der Waals surface area contributed by atoms with Gasteiger partial charge < -0.3 is 15.0 Å². The van der Waals surface area contributed by atoms with Crippen LogP contribution in [0, 0.1) is 5.92 Å². The van der Waals surface area contributed by atoms with Gasteiger partial charge in [-0.2, -0.15) is 0 Å². The van der Waals surface area contributed by atoms with Crippen LogP contribution < -0.4 is 15.0 Å². The Bertz CT molecular complexity index is 892. The lowest BCUT2D eigenvalue weighted by molar-refractivity contribution is -0.121. The predicted octanol–water partition coefficient (Wildman–Crippen LogP) is 3.26. The second-order valence-corrected chi connectivity index (χ2v) is 8.68. The number of anilines is 1. The van der Waals surface area contributed by atoms with E-state index in [0.717, 1.165) is 37.7 Å². The van der Waals surface area contributed by atoms with Crippen molar-refractivity contribution in [2.24, 2.45) is 5.92 Å². The van der Waals surface area contributed by atoms with Crippen LogP contribution in [-0.2, 0) is 16.0 Å². The van der Waals surface area contributed by atoms with Crippen LogP contribution in [0.3, 0.4) is 0 Å². The number of likely N-dealkylation sites (tertiary alicyclic amines) is 1. The van der Waals surface area contributed by atoms with Crippen molar-refractivity contribution in [1.29, 1.82) is 0 Å². The highest BCUT2D eigenvalue weighted by Gasteiger charge is 2.39. The zero-order valence-corrected chi connectivity index (χ0v) is 18.8. The Kier molecular flexibility index (Phi) is 7.55. The van der Waals surface area contributed by atoms with Crippen LogP contribution in [0.4, 0.5) is 5.69 Å². The quantitative estimate of drug-likeness (QED) is 0.613. The summed E-state index contributed by atoms with van der Waals surface area (Å²) in [5.41, 5.74) is 2.03. The molecule has 2 amide bonds. The van der Waals surface area contributed by atoms with Crippen molar-refractivity contribution in [1.82, 2.24) is 10.2 Å². The second kappa shape index (κ2) is 10.7. The minimum atomic E-state index is -0.440. The van der Waals surface area contributed by atoms with E-state index in [4.69, 9.17) is 4.74 Å². The first kappa shape index (κ1) is 22.5. The molecule has 2 aromatic rings. The average Bonchev–Trinajstić information content (AvgIpc) is 3.09. The summed E-state index contributed by atoms with van der Waals surface area (Å²) in [6.07, 6.45) is 3.79. The molecule has 0 saturated carbocycles. The largest absolute Gasteiger partial charge is 0.494 e. The molecular formula is C26H33N3O3. The highest BCUT2D eigenvalue weighted by molar-refractivity contribution is 6.22. The van der Waals surface area contributed by atoms with E-state index in [1.54, 1.807) is 24.3 Å². The Morgan fingerprint density at radius 3 is 2.41 bits per heavy atom. The highest BCUT2D eigenvalue weighted by Crippen LogP contribution is 2.25. The summed E-state index contributed by atoms with van der Waals surface area (Å²) in [4.78, 5) is 29.1. The molecule has 6 nitrogen and oxygen atoms in total. The lowest BCUT2D eigenvalue weighted by Gasteiger charge is -2.32. The van der Waals surface area contributed by atoms with E-state index in [1.807, 2.05) is 6.92 Å². The lowest BCUT2D eigenvalue weighted by atomic mass is 9.90. The van der Waals surface area contributed by atoms with E-state index in [-0.39, 0.29) is 18.2 Å². The molecule has 2 aromatic carbocycles. The van der Waals surface area contributed by atoms with E-state index in [1.165, 1.54) is 23.3 Å². The molecule has 2 heterocycles. The molecule has 0 radical (unpaired) electrons. The fourth-order valence-electron chi connectivity index (χ4n) is 4.68. The predicted molar refractivity (Wildman–Crippen MR) is 126 cm³/mol. The summed E-state index contributed by atoms with van der Waals surface area (Å²) < 4.78 is 5.44. The number of imide groups is 1. The maximum Gasteiger partial charge on any atom is 0.251 e. The molecule has 2 aliphatic rings. The van der Waals surface area contributed by atoms with Crippen molar-refractivity contribution >= 4 is 17.5 Å². The number of ether oxygens (including phenoxy) is 1. The number of nitrogens with zero attached hydrogens (tertiary/aromatic N) is 2. The molecule has 4 rings (SSSR count). The van der Waals surface area contributed by atoms with E-state index in [9.17, 15) is 9.59 Å². The number of hydrogen-bond donors (Lipinski definition) is 1. The first-order chi connectivity index (χ1) is 15.6. The van der Waals surface area contributed by atoms with Crippen molar-refractivity contribution in [2.75, 3.05) is 37.7 Å². The smallest absolute Gasteiger partial charge is 0.251 e. The monoisotopic (exact) mass is 435 g/mol. The molecule has 0 aromatic heterocycles. The van der Waals surface area contributed by atoms with Crippen molar-refractivity contribution in [3.05, 3.63) is 60.2 Å². The van der Waals surface area contributed by atoms with Gasteiger partial charge in [-0.25, -0.2) is 4.90 Å². The Morgan fingerprint density at radius 1 is 1.00 bits per heavy atom. The van der Waals surface area contributed by atoms with Crippen molar-refractivity contribution < 1.29 is 14.3 Å². The number of rotatable bonds is 9. The normalized spacial score (nSPS) is 20.2. The fourth-order valence-corrected chi connectivity index (χ4v) is 4.68. The zero-order chi connectivity index (χ0) is 22.3. The van der Waals surface area contributed by atoms with Crippen LogP contribution in [0.2, 0.25) is 0 Å². The molecule has 2 saturated heterocycles. The number of nitrogens with one attached hydrogen (secondary N) is 1.